The van der Waals surface area contributed by atoms with Crippen LogP contribution in [0.15, 0.2) is 36.4 Å². The summed E-state index contributed by atoms with van der Waals surface area (Å²) in [5.41, 5.74) is 2.70. The number of hydrogen-bond donors (Lipinski definition) is 1. The van der Waals surface area contributed by atoms with E-state index in [1.165, 1.54) is 6.08 Å². The SMILES string of the molecule is Cc1nn(Cc2ccccc2)c(Cl)c1C=CC(=O)NC(C)CCN1CCOCC1. The Labute approximate surface area is 177 Å². The van der Waals surface area contributed by atoms with Gasteiger partial charge < -0.3 is 10.1 Å². The molecule has 1 atom stereocenters. The van der Waals surface area contributed by atoms with E-state index in [2.05, 4.69) is 15.3 Å². The Balaban J connectivity index is 1.52. The number of rotatable bonds is 8. The summed E-state index contributed by atoms with van der Waals surface area (Å²) in [4.78, 5) is 14.7. The van der Waals surface area contributed by atoms with E-state index in [0.717, 1.165) is 56.1 Å². The highest BCUT2D eigenvalue weighted by Crippen LogP contribution is 2.22. The summed E-state index contributed by atoms with van der Waals surface area (Å²) in [6.07, 6.45) is 4.19. The predicted molar refractivity (Wildman–Crippen MR) is 116 cm³/mol. The normalized spacial score (nSPS) is 16.2. The van der Waals surface area contributed by atoms with Crippen molar-refractivity contribution in [3.05, 3.63) is 58.4 Å². The first kappa shape index (κ1) is 21.6. The van der Waals surface area contributed by atoms with E-state index in [1.807, 2.05) is 44.2 Å². The van der Waals surface area contributed by atoms with Crippen molar-refractivity contribution in [3.63, 3.8) is 0 Å². The molecule has 3 rings (SSSR count). The fourth-order valence-corrected chi connectivity index (χ4v) is 3.64. The first-order valence-corrected chi connectivity index (χ1v) is 10.5. The molecular weight excluding hydrogens is 388 g/mol. The molecule has 29 heavy (non-hydrogen) atoms. The summed E-state index contributed by atoms with van der Waals surface area (Å²) < 4.78 is 7.12. The lowest BCUT2D eigenvalue weighted by molar-refractivity contribution is -0.117. The summed E-state index contributed by atoms with van der Waals surface area (Å²) in [5.74, 6) is -0.120. The van der Waals surface area contributed by atoms with E-state index >= 15 is 0 Å². The molecule has 2 heterocycles. The maximum Gasteiger partial charge on any atom is 0.244 e. The van der Waals surface area contributed by atoms with Crippen LogP contribution in [0, 0.1) is 6.92 Å². The molecule has 0 bridgehead atoms. The van der Waals surface area contributed by atoms with Crippen molar-refractivity contribution < 1.29 is 9.53 Å². The second kappa shape index (κ2) is 10.6. The Morgan fingerprint density at radius 3 is 2.76 bits per heavy atom. The molecule has 0 aliphatic carbocycles. The Morgan fingerprint density at radius 1 is 1.31 bits per heavy atom. The number of aromatic nitrogens is 2. The smallest absolute Gasteiger partial charge is 0.244 e. The number of nitrogens with one attached hydrogen (secondary N) is 1. The largest absolute Gasteiger partial charge is 0.379 e. The van der Waals surface area contributed by atoms with Gasteiger partial charge in [0, 0.05) is 37.3 Å². The molecule has 0 spiro atoms. The predicted octanol–water partition coefficient (Wildman–Crippen LogP) is 3.13. The molecule has 1 unspecified atom stereocenters. The standard InChI is InChI=1S/C22H29ClN4O2/c1-17(10-11-26-12-14-29-15-13-26)24-21(28)9-8-20-18(2)25-27(22(20)23)16-19-6-4-3-5-7-19/h3-9,17H,10-16H2,1-2H3,(H,24,28). The third-order valence-corrected chi connectivity index (χ3v) is 5.46. The minimum Gasteiger partial charge on any atom is -0.379 e. The van der Waals surface area contributed by atoms with Crippen LogP contribution in [-0.2, 0) is 16.1 Å². The molecule has 2 aromatic rings. The monoisotopic (exact) mass is 416 g/mol. The van der Waals surface area contributed by atoms with Crippen LogP contribution >= 0.6 is 11.6 Å². The van der Waals surface area contributed by atoms with Crippen LogP contribution in [0.1, 0.15) is 30.2 Å². The highest BCUT2D eigenvalue weighted by atomic mass is 35.5. The Morgan fingerprint density at radius 2 is 2.03 bits per heavy atom. The molecule has 0 radical (unpaired) electrons. The van der Waals surface area contributed by atoms with Gasteiger partial charge in [-0.05, 0) is 31.9 Å². The summed E-state index contributed by atoms with van der Waals surface area (Å²) >= 11 is 6.51. The zero-order valence-electron chi connectivity index (χ0n) is 17.1. The van der Waals surface area contributed by atoms with Crippen molar-refractivity contribution >= 4 is 23.6 Å². The lowest BCUT2D eigenvalue weighted by Crippen LogP contribution is -2.40. The molecular formula is C22H29ClN4O2. The topological polar surface area (TPSA) is 59.4 Å². The number of halogens is 1. The Bertz CT molecular complexity index is 829. The van der Waals surface area contributed by atoms with Gasteiger partial charge in [0.05, 0.1) is 25.5 Å². The maximum absolute atomic E-state index is 12.3. The van der Waals surface area contributed by atoms with Crippen LogP contribution < -0.4 is 5.32 Å². The van der Waals surface area contributed by atoms with Gasteiger partial charge in [-0.2, -0.15) is 5.10 Å². The molecule has 1 aromatic carbocycles. The molecule has 6 nitrogen and oxygen atoms in total. The fourth-order valence-electron chi connectivity index (χ4n) is 3.34. The number of carbonyl (C=O) groups is 1. The van der Waals surface area contributed by atoms with E-state index < -0.39 is 0 Å². The number of ether oxygens (including phenoxy) is 1. The minimum atomic E-state index is -0.120. The molecule has 1 saturated heterocycles. The van der Waals surface area contributed by atoms with Gasteiger partial charge in [-0.1, -0.05) is 41.9 Å². The summed E-state index contributed by atoms with van der Waals surface area (Å²) in [5, 5.41) is 8.07. The number of morpholine rings is 1. The van der Waals surface area contributed by atoms with E-state index in [4.69, 9.17) is 16.3 Å². The van der Waals surface area contributed by atoms with Crippen molar-refractivity contribution in [2.45, 2.75) is 32.9 Å². The number of amides is 1. The van der Waals surface area contributed by atoms with Gasteiger partial charge in [0.15, 0.2) is 0 Å². The van der Waals surface area contributed by atoms with E-state index in [-0.39, 0.29) is 11.9 Å². The van der Waals surface area contributed by atoms with Gasteiger partial charge in [0.25, 0.3) is 0 Å². The van der Waals surface area contributed by atoms with Gasteiger partial charge in [0.2, 0.25) is 5.91 Å². The van der Waals surface area contributed by atoms with E-state index in [0.29, 0.717) is 11.7 Å². The first-order chi connectivity index (χ1) is 14.0. The van der Waals surface area contributed by atoms with Gasteiger partial charge in [-0.3, -0.25) is 9.69 Å². The molecule has 0 saturated carbocycles. The second-order valence-electron chi connectivity index (χ2n) is 7.42. The van der Waals surface area contributed by atoms with Gasteiger partial charge in [-0.15, -0.1) is 0 Å². The minimum absolute atomic E-state index is 0.104. The van der Waals surface area contributed by atoms with Crippen LogP contribution in [0.2, 0.25) is 5.15 Å². The highest BCUT2D eigenvalue weighted by Gasteiger charge is 2.14. The molecule has 1 aliphatic heterocycles. The zero-order chi connectivity index (χ0) is 20.6. The number of aryl methyl sites for hydroxylation is 1. The zero-order valence-corrected chi connectivity index (χ0v) is 17.9. The average molecular weight is 417 g/mol. The van der Waals surface area contributed by atoms with Crippen molar-refractivity contribution in [1.29, 1.82) is 0 Å². The quantitative estimate of drug-likeness (QED) is 0.671. The molecule has 1 aliphatic rings. The van der Waals surface area contributed by atoms with Gasteiger partial charge >= 0.3 is 0 Å². The van der Waals surface area contributed by atoms with Crippen LogP contribution in [0.25, 0.3) is 6.08 Å². The van der Waals surface area contributed by atoms with Crippen LogP contribution in [0.5, 0.6) is 0 Å². The number of benzene rings is 1. The maximum atomic E-state index is 12.3. The fraction of sp³-hybridized carbons (Fsp3) is 0.455. The van der Waals surface area contributed by atoms with E-state index in [1.54, 1.807) is 10.8 Å². The lowest BCUT2D eigenvalue weighted by Gasteiger charge is -2.27. The first-order valence-electron chi connectivity index (χ1n) is 10.1. The number of hydrogen-bond acceptors (Lipinski definition) is 4. The third kappa shape index (κ3) is 6.42. The van der Waals surface area contributed by atoms with Crippen LogP contribution in [0.4, 0.5) is 0 Å². The highest BCUT2D eigenvalue weighted by molar-refractivity contribution is 6.31. The molecule has 1 amide bonds. The molecule has 1 aromatic heterocycles. The molecule has 1 N–H and O–H groups in total. The van der Waals surface area contributed by atoms with Crippen molar-refractivity contribution in [2.75, 3.05) is 32.8 Å². The summed E-state index contributed by atoms with van der Waals surface area (Å²) in [7, 11) is 0. The Hall–Kier alpha value is -2.15. The van der Waals surface area contributed by atoms with Gasteiger partial charge in [-0.25, -0.2) is 4.68 Å². The number of nitrogens with zero attached hydrogens (tertiary/aromatic N) is 3. The van der Waals surface area contributed by atoms with Crippen molar-refractivity contribution in [3.8, 4) is 0 Å². The van der Waals surface area contributed by atoms with E-state index in [9.17, 15) is 4.79 Å². The second-order valence-corrected chi connectivity index (χ2v) is 7.78. The summed E-state index contributed by atoms with van der Waals surface area (Å²) in [6, 6.07) is 10.1. The summed E-state index contributed by atoms with van der Waals surface area (Å²) in [6.45, 7) is 9.00. The van der Waals surface area contributed by atoms with Crippen LogP contribution in [-0.4, -0.2) is 59.5 Å². The molecule has 156 valence electrons. The van der Waals surface area contributed by atoms with Crippen LogP contribution in [0.3, 0.4) is 0 Å². The van der Waals surface area contributed by atoms with Crippen molar-refractivity contribution in [1.82, 2.24) is 20.0 Å². The van der Waals surface area contributed by atoms with Crippen molar-refractivity contribution in [2.24, 2.45) is 0 Å². The number of carbonyl (C=O) groups excluding carboxylic acids is 1. The Kier molecular flexibility index (Phi) is 7.86. The van der Waals surface area contributed by atoms with Gasteiger partial charge in [0.1, 0.15) is 5.15 Å². The third-order valence-electron chi connectivity index (χ3n) is 5.06. The molecule has 7 heteroatoms. The molecule has 1 fully saturated rings. The average Bonchev–Trinajstić information content (AvgIpc) is 2.99. The lowest BCUT2D eigenvalue weighted by atomic mass is 10.2.